The molecule has 0 spiro atoms. The molecule has 0 bridgehead atoms. The molecule has 1 aromatic rings. The van der Waals surface area contributed by atoms with Crippen LogP contribution in [0.4, 0.5) is 0 Å². The zero-order valence-electron chi connectivity index (χ0n) is 8.04. The Hall–Kier alpha value is -0.450. The van der Waals surface area contributed by atoms with Crippen molar-refractivity contribution < 1.29 is 13.2 Å². The second-order valence-corrected chi connectivity index (χ2v) is 6.25. The molecule has 15 heavy (non-hydrogen) atoms. The second-order valence-electron chi connectivity index (χ2n) is 2.95. The summed E-state index contributed by atoms with van der Waals surface area (Å²) in [6.45, 7) is 0. The zero-order chi connectivity index (χ0) is 11.5. The van der Waals surface area contributed by atoms with Crippen molar-refractivity contribution in [1.82, 2.24) is 0 Å². The lowest BCUT2D eigenvalue weighted by Crippen LogP contribution is -2.01. The minimum atomic E-state index is -3.47. The van der Waals surface area contributed by atoms with Gasteiger partial charge in [0.1, 0.15) is 5.75 Å². The maximum absolute atomic E-state index is 10.7. The fourth-order valence-corrected chi connectivity index (χ4v) is 2.05. The van der Waals surface area contributed by atoms with Crippen LogP contribution in [0.5, 0.6) is 5.75 Å². The minimum Gasteiger partial charge on any atom is -0.497 e. The molecule has 84 valence electrons. The SMILES string of the molecule is COc1ccc(CCS(=O)(=O)Cl)c(Cl)c1. The van der Waals surface area contributed by atoms with E-state index in [9.17, 15) is 8.42 Å². The van der Waals surface area contributed by atoms with Crippen molar-refractivity contribution in [3.63, 3.8) is 0 Å². The summed E-state index contributed by atoms with van der Waals surface area (Å²) in [7, 11) is 3.16. The van der Waals surface area contributed by atoms with Crippen LogP contribution in [-0.4, -0.2) is 21.3 Å². The fraction of sp³-hybridized carbons (Fsp3) is 0.333. The Bertz CT molecular complexity index is 443. The quantitative estimate of drug-likeness (QED) is 0.788. The van der Waals surface area contributed by atoms with Gasteiger partial charge in [-0.15, -0.1) is 0 Å². The summed E-state index contributed by atoms with van der Waals surface area (Å²) in [6.07, 6.45) is 0.300. The van der Waals surface area contributed by atoms with Gasteiger partial charge < -0.3 is 4.74 Å². The van der Waals surface area contributed by atoms with Crippen LogP contribution >= 0.6 is 22.3 Å². The number of rotatable bonds is 4. The maximum atomic E-state index is 10.7. The van der Waals surface area contributed by atoms with Crippen LogP contribution in [0.3, 0.4) is 0 Å². The van der Waals surface area contributed by atoms with Gasteiger partial charge in [0.2, 0.25) is 9.05 Å². The van der Waals surface area contributed by atoms with E-state index < -0.39 is 9.05 Å². The summed E-state index contributed by atoms with van der Waals surface area (Å²) >= 11 is 5.92. The van der Waals surface area contributed by atoms with Crippen LogP contribution < -0.4 is 4.74 Å². The summed E-state index contributed by atoms with van der Waals surface area (Å²) in [5.74, 6) is 0.512. The van der Waals surface area contributed by atoms with Gasteiger partial charge in [0, 0.05) is 15.7 Å². The first-order valence-corrected chi connectivity index (χ1v) is 7.03. The van der Waals surface area contributed by atoms with E-state index >= 15 is 0 Å². The number of halogens is 2. The van der Waals surface area contributed by atoms with Gasteiger partial charge in [0.05, 0.1) is 12.9 Å². The number of methoxy groups -OCH3 is 1. The normalized spacial score (nSPS) is 11.4. The molecule has 0 saturated carbocycles. The smallest absolute Gasteiger partial charge is 0.232 e. The van der Waals surface area contributed by atoms with E-state index in [0.29, 0.717) is 17.2 Å². The van der Waals surface area contributed by atoms with Crippen molar-refractivity contribution in [3.05, 3.63) is 28.8 Å². The molecule has 0 amide bonds. The van der Waals surface area contributed by atoms with Crippen molar-refractivity contribution in [2.75, 3.05) is 12.9 Å². The summed E-state index contributed by atoms with van der Waals surface area (Å²) in [6, 6.07) is 5.09. The van der Waals surface area contributed by atoms with Gasteiger partial charge in [-0.1, -0.05) is 17.7 Å². The molecule has 0 aliphatic heterocycles. The lowest BCUT2D eigenvalue weighted by molar-refractivity contribution is 0.414. The number of benzene rings is 1. The number of aryl methyl sites for hydroxylation is 1. The summed E-state index contributed by atoms with van der Waals surface area (Å²) in [4.78, 5) is 0. The number of hydrogen-bond acceptors (Lipinski definition) is 3. The molecule has 0 radical (unpaired) electrons. The van der Waals surface area contributed by atoms with Crippen LogP contribution in [0.25, 0.3) is 0 Å². The molecule has 6 heteroatoms. The van der Waals surface area contributed by atoms with Gasteiger partial charge in [-0.25, -0.2) is 8.42 Å². The van der Waals surface area contributed by atoms with E-state index in [-0.39, 0.29) is 5.75 Å². The molecule has 0 atom stereocenters. The van der Waals surface area contributed by atoms with Gasteiger partial charge in [-0.3, -0.25) is 0 Å². The molecule has 0 aliphatic rings. The first-order chi connectivity index (χ1) is 6.92. The summed E-state index contributed by atoms with van der Waals surface area (Å²) in [5.41, 5.74) is 0.738. The topological polar surface area (TPSA) is 43.4 Å². The Morgan fingerprint density at radius 3 is 2.53 bits per heavy atom. The Morgan fingerprint density at radius 2 is 2.07 bits per heavy atom. The molecule has 0 fully saturated rings. The van der Waals surface area contributed by atoms with Gasteiger partial charge in [-0.2, -0.15) is 0 Å². The van der Waals surface area contributed by atoms with E-state index in [1.165, 1.54) is 7.11 Å². The second kappa shape index (κ2) is 5.05. The Kier molecular flexibility index (Phi) is 4.25. The molecule has 1 aromatic carbocycles. The van der Waals surface area contributed by atoms with Crippen molar-refractivity contribution >= 4 is 31.3 Å². The molecular formula is C9H10Cl2O3S. The maximum Gasteiger partial charge on any atom is 0.232 e. The van der Waals surface area contributed by atoms with Crippen LogP contribution in [0.15, 0.2) is 18.2 Å². The van der Waals surface area contributed by atoms with Crippen LogP contribution in [0, 0.1) is 0 Å². The van der Waals surface area contributed by atoms with Crippen molar-refractivity contribution in [2.45, 2.75) is 6.42 Å². The summed E-state index contributed by atoms with van der Waals surface area (Å²) in [5, 5.41) is 0.481. The van der Waals surface area contributed by atoms with E-state index in [2.05, 4.69) is 0 Å². The van der Waals surface area contributed by atoms with Gasteiger partial charge >= 0.3 is 0 Å². The summed E-state index contributed by atoms with van der Waals surface area (Å²) < 4.78 is 26.4. The van der Waals surface area contributed by atoms with E-state index in [1.807, 2.05) is 0 Å². The van der Waals surface area contributed by atoms with Crippen LogP contribution in [0.1, 0.15) is 5.56 Å². The third-order valence-corrected chi connectivity index (χ3v) is 3.38. The first kappa shape index (κ1) is 12.6. The Labute approximate surface area is 98.4 Å². The predicted octanol–water partition coefficient (Wildman–Crippen LogP) is 2.46. The molecule has 0 aliphatic carbocycles. The molecular weight excluding hydrogens is 259 g/mol. The molecule has 3 nitrogen and oxygen atoms in total. The average molecular weight is 269 g/mol. The highest BCUT2D eigenvalue weighted by Crippen LogP contribution is 2.23. The number of hydrogen-bond donors (Lipinski definition) is 0. The Balaban J connectivity index is 2.79. The molecule has 0 heterocycles. The molecule has 0 unspecified atom stereocenters. The lowest BCUT2D eigenvalue weighted by atomic mass is 10.2. The van der Waals surface area contributed by atoms with E-state index in [4.69, 9.17) is 27.0 Å². The predicted molar refractivity (Wildman–Crippen MR) is 61.3 cm³/mol. The molecule has 0 aromatic heterocycles. The van der Waals surface area contributed by atoms with Gasteiger partial charge in [0.15, 0.2) is 0 Å². The van der Waals surface area contributed by atoms with Crippen LogP contribution in [0.2, 0.25) is 5.02 Å². The lowest BCUT2D eigenvalue weighted by Gasteiger charge is -2.05. The highest BCUT2D eigenvalue weighted by molar-refractivity contribution is 8.13. The van der Waals surface area contributed by atoms with Crippen molar-refractivity contribution in [2.24, 2.45) is 0 Å². The molecule has 1 rings (SSSR count). The fourth-order valence-electron chi connectivity index (χ4n) is 1.09. The standard InChI is InChI=1S/C9H10Cl2O3S/c1-14-8-3-2-7(9(10)6-8)4-5-15(11,12)13/h2-3,6H,4-5H2,1H3. The average Bonchev–Trinajstić information content (AvgIpc) is 2.14. The highest BCUT2D eigenvalue weighted by atomic mass is 35.7. The first-order valence-electron chi connectivity index (χ1n) is 4.17. The highest BCUT2D eigenvalue weighted by Gasteiger charge is 2.08. The number of ether oxygens (including phenoxy) is 1. The van der Waals surface area contributed by atoms with Crippen molar-refractivity contribution in [1.29, 1.82) is 0 Å². The third-order valence-electron chi connectivity index (χ3n) is 1.88. The monoisotopic (exact) mass is 268 g/mol. The van der Waals surface area contributed by atoms with E-state index in [0.717, 1.165) is 5.56 Å². The van der Waals surface area contributed by atoms with Gasteiger partial charge in [-0.05, 0) is 24.1 Å². The Morgan fingerprint density at radius 1 is 1.40 bits per heavy atom. The largest absolute Gasteiger partial charge is 0.497 e. The van der Waals surface area contributed by atoms with Crippen LogP contribution in [-0.2, 0) is 15.5 Å². The van der Waals surface area contributed by atoms with Crippen molar-refractivity contribution in [3.8, 4) is 5.75 Å². The molecule has 0 N–H and O–H groups in total. The minimum absolute atomic E-state index is 0.124. The zero-order valence-corrected chi connectivity index (χ0v) is 10.4. The van der Waals surface area contributed by atoms with E-state index in [1.54, 1.807) is 18.2 Å². The van der Waals surface area contributed by atoms with Gasteiger partial charge in [0.25, 0.3) is 0 Å². The molecule has 0 saturated heterocycles. The third kappa shape index (κ3) is 4.28.